The summed E-state index contributed by atoms with van der Waals surface area (Å²) in [5.41, 5.74) is 0.637. The van der Waals surface area contributed by atoms with Crippen molar-refractivity contribution in [1.82, 2.24) is 4.98 Å². The van der Waals surface area contributed by atoms with Gasteiger partial charge in [0.2, 0.25) is 5.88 Å². The molecule has 0 fully saturated rings. The van der Waals surface area contributed by atoms with Crippen molar-refractivity contribution in [1.29, 1.82) is 5.26 Å². The van der Waals surface area contributed by atoms with Crippen LogP contribution in [0.4, 0.5) is 0 Å². The summed E-state index contributed by atoms with van der Waals surface area (Å²) < 4.78 is 5.57. The molecular weight excluding hydrogens is 264 g/mol. The molecule has 2 aromatic rings. The highest BCUT2D eigenvalue weighted by Gasteiger charge is 2.23. The van der Waals surface area contributed by atoms with Gasteiger partial charge in [0.05, 0.1) is 11.6 Å². The molecule has 0 unspecified atom stereocenters. The van der Waals surface area contributed by atoms with Gasteiger partial charge in [0.25, 0.3) is 0 Å². The molecule has 0 aliphatic rings. The van der Waals surface area contributed by atoms with E-state index in [0.29, 0.717) is 22.8 Å². The van der Waals surface area contributed by atoms with Crippen molar-refractivity contribution in [2.24, 2.45) is 5.41 Å². The van der Waals surface area contributed by atoms with E-state index in [1.165, 1.54) is 6.20 Å². The summed E-state index contributed by atoms with van der Waals surface area (Å²) in [5, 5.41) is 8.84. The number of ketones is 1. The highest BCUT2D eigenvalue weighted by molar-refractivity contribution is 5.99. The Morgan fingerprint density at radius 2 is 2.00 bits per heavy atom. The number of Topliss-reactive ketones (excluding diaryl/α,β-unsaturated/α-hetero) is 1. The zero-order valence-corrected chi connectivity index (χ0v) is 12.3. The fraction of sp³-hybridized carbons (Fsp3) is 0.235. The molecule has 0 bridgehead atoms. The standard InChI is InChI=1S/C17H16N2O2/c1-17(2,3)16(20)13-7-8-15(19-11-13)21-14-6-4-5-12(9-14)10-18/h4-9,11H,1-3H3. The summed E-state index contributed by atoms with van der Waals surface area (Å²) in [6.07, 6.45) is 1.51. The van der Waals surface area contributed by atoms with E-state index in [-0.39, 0.29) is 5.78 Å². The second kappa shape index (κ2) is 5.76. The Hall–Kier alpha value is -2.67. The van der Waals surface area contributed by atoms with Gasteiger partial charge in [-0.3, -0.25) is 4.79 Å². The van der Waals surface area contributed by atoms with Crippen LogP contribution in [0, 0.1) is 16.7 Å². The van der Waals surface area contributed by atoms with Gasteiger partial charge in [0.1, 0.15) is 5.75 Å². The summed E-state index contributed by atoms with van der Waals surface area (Å²) in [5.74, 6) is 0.958. The van der Waals surface area contributed by atoms with Crippen LogP contribution in [0.1, 0.15) is 36.7 Å². The number of carbonyl (C=O) groups is 1. The van der Waals surface area contributed by atoms with Crippen molar-refractivity contribution in [2.75, 3.05) is 0 Å². The molecule has 0 saturated heterocycles. The van der Waals surface area contributed by atoms with Gasteiger partial charge in [-0.1, -0.05) is 26.8 Å². The van der Waals surface area contributed by atoms with Gasteiger partial charge in [-0.05, 0) is 24.3 Å². The molecule has 1 aromatic carbocycles. The van der Waals surface area contributed by atoms with Crippen LogP contribution in [0.5, 0.6) is 11.6 Å². The zero-order valence-electron chi connectivity index (χ0n) is 12.3. The second-order valence-corrected chi connectivity index (χ2v) is 5.71. The van der Waals surface area contributed by atoms with E-state index in [2.05, 4.69) is 4.98 Å². The highest BCUT2D eigenvalue weighted by atomic mass is 16.5. The first-order chi connectivity index (χ1) is 9.90. The predicted molar refractivity (Wildman–Crippen MR) is 79.3 cm³/mol. The lowest BCUT2D eigenvalue weighted by Gasteiger charge is -2.16. The Morgan fingerprint density at radius 3 is 2.57 bits per heavy atom. The third-order valence-corrected chi connectivity index (χ3v) is 2.87. The number of nitriles is 1. The Morgan fingerprint density at radius 1 is 1.24 bits per heavy atom. The number of nitrogens with zero attached hydrogens (tertiary/aromatic N) is 2. The number of carbonyl (C=O) groups excluding carboxylic acids is 1. The SMILES string of the molecule is CC(C)(C)C(=O)c1ccc(Oc2cccc(C#N)c2)nc1. The molecule has 0 saturated carbocycles. The first-order valence-corrected chi connectivity index (χ1v) is 6.59. The maximum Gasteiger partial charge on any atom is 0.219 e. The number of pyridine rings is 1. The Kier molecular flexibility index (Phi) is 4.04. The van der Waals surface area contributed by atoms with E-state index in [1.54, 1.807) is 36.4 Å². The average molecular weight is 280 g/mol. The zero-order chi connectivity index (χ0) is 15.5. The lowest BCUT2D eigenvalue weighted by atomic mass is 9.87. The van der Waals surface area contributed by atoms with Gasteiger partial charge >= 0.3 is 0 Å². The molecule has 2 rings (SSSR count). The lowest BCUT2D eigenvalue weighted by Crippen LogP contribution is -2.20. The summed E-state index contributed by atoms with van der Waals surface area (Å²) in [7, 11) is 0. The first kappa shape index (κ1) is 14.7. The minimum atomic E-state index is -0.439. The summed E-state index contributed by atoms with van der Waals surface area (Å²) in [4.78, 5) is 16.2. The molecule has 4 heteroatoms. The molecule has 1 heterocycles. The van der Waals surface area contributed by atoms with Crippen molar-refractivity contribution in [3.63, 3.8) is 0 Å². The molecule has 0 radical (unpaired) electrons. The van der Waals surface area contributed by atoms with Gasteiger partial charge < -0.3 is 4.74 Å². The van der Waals surface area contributed by atoms with Crippen LogP contribution in [0.3, 0.4) is 0 Å². The van der Waals surface area contributed by atoms with E-state index < -0.39 is 5.41 Å². The number of ether oxygens (including phenoxy) is 1. The monoisotopic (exact) mass is 280 g/mol. The van der Waals surface area contributed by atoms with Crippen molar-refractivity contribution >= 4 is 5.78 Å². The van der Waals surface area contributed by atoms with Crippen LogP contribution in [-0.4, -0.2) is 10.8 Å². The first-order valence-electron chi connectivity index (χ1n) is 6.59. The summed E-state index contributed by atoms with van der Waals surface area (Å²) in [6.45, 7) is 5.60. The Balaban J connectivity index is 2.16. The molecule has 0 atom stereocenters. The Labute approximate surface area is 124 Å². The second-order valence-electron chi connectivity index (χ2n) is 5.71. The van der Waals surface area contributed by atoms with Crippen LogP contribution in [0.25, 0.3) is 0 Å². The molecule has 106 valence electrons. The van der Waals surface area contributed by atoms with Gasteiger partial charge in [-0.2, -0.15) is 5.26 Å². The summed E-state index contributed by atoms with van der Waals surface area (Å²) in [6, 6.07) is 12.2. The molecule has 0 aliphatic heterocycles. The van der Waals surface area contributed by atoms with Gasteiger partial charge in [-0.15, -0.1) is 0 Å². The molecule has 0 N–H and O–H groups in total. The molecule has 4 nitrogen and oxygen atoms in total. The van der Waals surface area contributed by atoms with Crippen LogP contribution < -0.4 is 4.74 Å². The molecule has 0 amide bonds. The van der Waals surface area contributed by atoms with Gasteiger partial charge in [0, 0.05) is 23.2 Å². The number of benzene rings is 1. The van der Waals surface area contributed by atoms with Gasteiger partial charge in [-0.25, -0.2) is 4.98 Å². The van der Waals surface area contributed by atoms with E-state index in [1.807, 2.05) is 26.8 Å². The number of hydrogen-bond donors (Lipinski definition) is 0. The molecule has 1 aromatic heterocycles. The normalized spacial score (nSPS) is 10.8. The Bertz CT molecular complexity index is 692. The maximum atomic E-state index is 12.1. The van der Waals surface area contributed by atoms with E-state index >= 15 is 0 Å². The number of rotatable bonds is 3. The van der Waals surface area contributed by atoms with Crippen molar-refractivity contribution < 1.29 is 9.53 Å². The maximum absolute atomic E-state index is 12.1. The van der Waals surface area contributed by atoms with Crippen molar-refractivity contribution in [3.8, 4) is 17.7 Å². The third-order valence-electron chi connectivity index (χ3n) is 2.87. The molecule has 0 spiro atoms. The van der Waals surface area contributed by atoms with E-state index in [9.17, 15) is 4.79 Å². The molecule has 0 aliphatic carbocycles. The quantitative estimate of drug-likeness (QED) is 0.798. The van der Waals surface area contributed by atoms with Crippen LogP contribution in [0.2, 0.25) is 0 Å². The molecule has 21 heavy (non-hydrogen) atoms. The largest absolute Gasteiger partial charge is 0.439 e. The predicted octanol–water partition coefficient (Wildman–Crippen LogP) is 3.97. The number of aromatic nitrogens is 1. The van der Waals surface area contributed by atoms with E-state index in [4.69, 9.17) is 10.00 Å². The average Bonchev–Trinajstić information content (AvgIpc) is 2.46. The summed E-state index contributed by atoms with van der Waals surface area (Å²) >= 11 is 0. The smallest absolute Gasteiger partial charge is 0.219 e. The van der Waals surface area contributed by atoms with Crippen molar-refractivity contribution in [2.45, 2.75) is 20.8 Å². The number of hydrogen-bond acceptors (Lipinski definition) is 4. The fourth-order valence-corrected chi connectivity index (χ4v) is 1.76. The highest BCUT2D eigenvalue weighted by Crippen LogP contribution is 2.23. The van der Waals surface area contributed by atoms with Gasteiger partial charge in [0.15, 0.2) is 5.78 Å². The minimum Gasteiger partial charge on any atom is -0.439 e. The minimum absolute atomic E-state index is 0.0352. The third kappa shape index (κ3) is 3.67. The fourth-order valence-electron chi connectivity index (χ4n) is 1.76. The topological polar surface area (TPSA) is 63.0 Å². The van der Waals surface area contributed by atoms with Crippen LogP contribution in [-0.2, 0) is 0 Å². The molecular formula is C17H16N2O2. The van der Waals surface area contributed by atoms with Crippen LogP contribution in [0.15, 0.2) is 42.6 Å². The lowest BCUT2D eigenvalue weighted by molar-refractivity contribution is 0.0858. The van der Waals surface area contributed by atoms with Crippen molar-refractivity contribution in [3.05, 3.63) is 53.7 Å². The van der Waals surface area contributed by atoms with E-state index in [0.717, 1.165) is 0 Å². The van der Waals surface area contributed by atoms with Crippen LogP contribution >= 0.6 is 0 Å².